The summed E-state index contributed by atoms with van der Waals surface area (Å²) >= 11 is 0. The lowest BCUT2D eigenvalue weighted by molar-refractivity contribution is 0.514. The van der Waals surface area contributed by atoms with Gasteiger partial charge in [0.25, 0.3) is 0 Å². The van der Waals surface area contributed by atoms with E-state index in [4.69, 9.17) is 0 Å². The molecule has 1 aromatic carbocycles. The molecule has 0 fully saturated rings. The zero-order valence-electron chi connectivity index (χ0n) is 10.6. The molecule has 0 aliphatic carbocycles. The van der Waals surface area contributed by atoms with Gasteiger partial charge in [-0.05, 0) is 38.5 Å². The van der Waals surface area contributed by atoms with Crippen LogP contribution in [0.4, 0.5) is 11.4 Å². The van der Waals surface area contributed by atoms with Gasteiger partial charge in [-0.2, -0.15) is 0 Å². The summed E-state index contributed by atoms with van der Waals surface area (Å²) in [4.78, 5) is 0. The lowest BCUT2D eigenvalue weighted by Crippen LogP contribution is -2.54. The Bertz CT molecular complexity index is 550. The fraction of sp³-hybridized carbons (Fsp3) is 0.500. The monoisotopic (exact) mass is 254 g/mol. The molecule has 0 unspecified atom stereocenters. The van der Waals surface area contributed by atoms with Crippen LogP contribution >= 0.6 is 0 Å². The van der Waals surface area contributed by atoms with Gasteiger partial charge in [0, 0.05) is 6.54 Å². The second kappa shape index (κ2) is 3.63. The van der Waals surface area contributed by atoms with Gasteiger partial charge in [-0.1, -0.05) is 6.07 Å². The van der Waals surface area contributed by atoms with E-state index in [1.54, 1.807) is 0 Å². The molecule has 5 heteroatoms. The van der Waals surface area contributed by atoms with E-state index in [-0.39, 0.29) is 0 Å². The van der Waals surface area contributed by atoms with Crippen LogP contribution in [0, 0.1) is 6.92 Å². The minimum absolute atomic E-state index is 0.450. The van der Waals surface area contributed by atoms with Crippen molar-refractivity contribution in [2.24, 2.45) is 0 Å². The Kier molecular flexibility index (Phi) is 2.61. The van der Waals surface area contributed by atoms with Crippen molar-refractivity contribution in [3.8, 4) is 0 Å². The van der Waals surface area contributed by atoms with Crippen molar-refractivity contribution in [2.45, 2.75) is 26.3 Å². The minimum Gasteiger partial charge on any atom is -0.381 e. The fourth-order valence-corrected chi connectivity index (χ4v) is 3.77. The molecule has 0 bridgehead atoms. The van der Waals surface area contributed by atoms with Gasteiger partial charge in [-0.3, -0.25) is 4.31 Å². The van der Waals surface area contributed by atoms with E-state index in [0.717, 1.165) is 16.9 Å². The van der Waals surface area contributed by atoms with Crippen molar-refractivity contribution in [2.75, 3.05) is 22.4 Å². The number of hydrogen-bond donors (Lipinski definition) is 1. The molecule has 0 saturated carbocycles. The average molecular weight is 254 g/mol. The number of benzene rings is 1. The summed E-state index contributed by atoms with van der Waals surface area (Å²) in [5, 5.41) is 3.28. The van der Waals surface area contributed by atoms with Crippen LogP contribution in [-0.2, 0) is 10.0 Å². The number of sulfonamides is 1. The standard InChI is InChI=1S/C12H18N2O2S/c1-9-5-6-10-11(7-9)14(17(4,15)16)12(2,3)8-13-10/h5-7,13H,8H2,1-4H3. The largest absolute Gasteiger partial charge is 0.381 e. The van der Waals surface area contributed by atoms with Crippen LogP contribution in [0.25, 0.3) is 0 Å². The van der Waals surface area contributed by atoms with E-state index in [2.05, 4.69) is 5.32 Å². The third kappa shape index (κ3) is 2.11. The molecule has 0 spiro atoms. The summed E-state index contributed by atoms with van der Waals surface area (Å²) in [6.45, 7) is 6.41. The van der Waals surface area contributed by atoms with E-state index in [1.165, 1.54) is 10.6 Å². The molecule has 1 N–H and O–H groups in total. The Morgan fingerprint density at radius 3 is 2.59 bits per heavy atom. The molecular weight excluding hydrogens is 236 g/mol. The fourth-order valence-electron chi connectivity index (χ4n) is 2.30. The first-order valence-corrected chi connectivity index (χ1v) is 7.41. The Hall–Kier alpha value is -1.23. The molecule has 4 nitrogen and oxygen atoms in total. The predicted octanol–water partition coefficient (Wildman–Crippen LogP) is 1.97. The molecule has 0 amide bonds. The van der Waals surface area contributed by atoms with Gasteiger partial charge >= 0.3 is 0 Å². The van der Waals surface area contributed by atoms with Crippen molar-refractivity contribution in [1.29, 1.82) is 0 Å². The lowest BCUT2D eigenvalue weighted by Gasteiger charge is -2.43. The molecule has 17 heavy (non-hydrogen) atoms. The van der Waals surface area contributed by atoms with E-state index in [9.17, 15) is 8.42 Å². The van der Waals surface area contributed by atoms with Crippen LogP contribution in [0.2, 0.25) is 0 Å². The maximum Gasteiger partial charge on any atom is 0.232 e. The smallest absolute Gasteiger partial charge is 0.232 e. The highest BCUT2D eigenvalue weighted by molar-refractivity contribution is 7.92. The molecule has 2 rings (SSSR count). The predicted molar refractivity (Wildman–Crippen MR) is 71.1 cm³/mol. The number of aryl methyl sites for hydroxylation is 1. The minimum atomic E-state index is -3.27. The van der Waals surface area contributed by atoms with E-state index < -0.39 is 15.6 Å². The van der Waals surface area contributed by atoms with Crippen molar-refractivity contribution in [3.63, 3.8) is 0 Å². The van der Waals surface area contributed by atoms with Gasteiger partial charge in [0.15, 0.2) is 0 Å². The van der Waals surface area contributed by atoms with Gasteiger partial charge in [0.2, 0.25) is 10.0 Å². The molecule has 0 atom stereocenters. The molecule has 94 valence electrons. The highest BCUT2D eigenvalue weighted by Crippen LogP contribution is 2.38. The topological polar surface area (TPSA) is 49.4 Å². The van der Waals surface area contributed by atoms with Crippen LogP contribution in [0.3, 0.4) is 0 Å². The molecule has 1 aliphatic rings. The van der Waals surface area contributed by atoms with Crippen LogP contribution in [0.1, 0.15) is 19.4 Å². The third-order valence-electron chi connectivity index (χ3n) is 2.96. The maximum atomic E-state index is 12.0. The van der Waals surface area contributed by atoms with Gasteiger partial charge < -0.3 is 5.32 Å². The summed E-state index contributed by atoms with van der Waals surface area (Å²) in [7, 11) is -3.27. The normalized spacial score (nSPS) is 18.5. The Labute approximate surface area is 103 Å². The number of hydrogen-bond acceptors (Lipinski definition) is 3. The highest BCUT2D eigenvalue weighted by atomic mass is 32.2. The lowest BCUT2D eigenvalue weighted by atomic mass is 10.0. The summed E-state index contributed by atoms with van der Waals surface area (Å²) in [5.41, 5.74) is 2.22. The summed E-state index contributed by atoms with van der Waals surface area (Å²) in [6, 6.07) is 5.81. The molecule has 0 aromatic heterocycles. The SMILES string of the molecule is Cc1ccc2c(c1)N(S(C)(=O)=O)C(C)(C)CN2. The van der Waals surface area contributed by atoms with Gasteiger partial charge in [0.1, 0.15) is 0 Å². The van der Waals surface area contributed by atoms with E-state index in [0.29, 0.717) is 6.54 Å². The van der Waals surface area contributed by atoms with Crippen molar-refractivity contribution >= 4 is 21.4 Å². The number of nitrogens with one attached hydrogen (secondary N) is 1. The second-order valence-electron chi connectivity index (χ2n) is 5.21. The third-order valence-corrected chi connectivity index (χ3v) is 4.32. The Balaban J connectivity index is 2.67. The van der Waals surface area contributed by atoms with Gasteiger partial charge in [-0.25, -0.2) is 8.42 Å². The first-order valence-electron chi connectivity index (χ1n) is 5.57. The van der Waals surface area contributed by atoms with E-state index >= 15 is 0 Å². The maximum absolute atomic E-state index is 12.0. The number of anilines is 2. The molecule has 0 saturated heterocycles. The molecule has 1 aliphatic heterocycles. The van der Waals surface area contributed by atoms with Crippen molar-refractivity contribution in [1.82, 2.24) is 0 Å². The molecular formula is C12H18N2O2S. The van der Waals surface area contributed by atoms with Crippen molar-refractivity contribution in [3.05, 3.63) is 23.8 Å². The zero-order valence-corrected chi connectivity index (χ0v) is 11.4. The second-order valence-corrected chi connectivity index (χ2v) is 7.05. The summed E-state index contributed by atoms with van der Waals surface area (Å²) in [5.74, 6) is 0. The quantitative estimate of drug-likeness (QED) is 0.833. The Morgan fingerprint density at radius 2 is 2.00 bits per heavy atom. The first-order chi connectivity index (χ1) is 7.72. The van der Waals surface area contributed by atoms with Crippen LogP contribution in [-0.4, -0.2) is 26.8 Å². The number of nitrogens with zero attached hydrogens (tertiary/aromatic N) is 1. The van der Waals surface area contributed by atoms with Crippen LogP contribution in [0.15, 0.2) is 18.2 Å². The first kappa shape index (κ1) is 12.2. The Morgan fingerprint density at radius 1 is 1.35 bits per heavy atom. The molecule has 1 heterocycles. The highest BCUT2D eigenvalue weighted by Gasteiger charge is 2.38. The number of rotatable bonds is 1. The zero-order chi connectivity index (χ0) is 12.8. The summed E-state index contributed by atoms with van der Waals surface area (Å²) < 4.78 is 25.5. The average Bonchev–Trinajstić information content (AvgIpc) is 2.13. The van der Waals surface area contributed by atoms with Gasteiger partial charge in [-0.15, -0.1) is 0 Å². The molecule has 0 radical (unpaired) electrons. The molecule has 1 aromatic rings. The van der Waals surface area contributed by atoms with Crippen LogP contribution < -0.4 is 9.62 Å². The van der Waals surface area contributed by atoms with Gasteiger partial charge in [0.05, 0.1) is 23.2 Å². The van der Waals surface area contributed by atoms with Crippen molar-refractivity contribution < 1.29 is 8.42 Å². The van der Waals surface area contributed by atoms with Crippen LogP contribution in [0.5, 0.6) is 0 Å². The summed E-state index contributed by atoms with van der Waals surface area (Å²) in [6.07, 6.45) is 1.26. The van der Waals surface area contributed by atoms with E-state index in [1.807, 2.05) is 39.0 Å². The number of fused-ring (bicyclic) bond motifs is 1.